The topological polar surface area (TPSA) is 97.1 Å². The van der Waals surface area contributed by atoms with Crippen LogP contribution in [0.3, 0.4) is 0 Å². The zero-order valence-electron chi connectivity index (χ0n) is 14.8. The Morgan fingerprint density at radius 3 is 2.45 bits per heavy atom. The number of nitrogens with one attached hydrogen (secondary N) is 1. The van der Waals surface area contributed by atoms with Crippen LogP contribution in [0.2, 0.25) is 0 Å². The summed E-state index contributed by atoms with van der Waals surface area (Å²) in [4.78, 5) is 27.6. The first-order valence-electron chi connectivity index (χ1n) is 8.40. The van der Waals surface area contributed by atoms with Crippen LogP contribution in [0.4, 0.5) is 13.2 Å². The lowest BCUT2D eigenvalue weighted by Crippen LogP contribution is -2.30. The molecule has 1 unspecified atom stereocenters. The third-order valence-electron chi connectivity index (χ3n) is 4.06. The van der Waals surface area contributed by atoms with Gasteiger partial charge in [0.25, 0.3) is 5.91 Å². The Bertz CT molecular complexity index is 1000. The number of carboxylic acid groups (broad SMARTS) is 1. The summed E-state index contributed by atoms with van der Waals surface area (Å²) in [6.45, 7) is 0. The molecule has 3 rings (SSSR count). The van der Waals surface area contributed by atoms with Gasteiger partial charge in [0.15, 0.2) is 5.69 Å². The van der Waals surface area contributed by atoms with Crippen LogP contribution in [0.1, 0.15) is 34.1 Å². The van der Waals surface area contributed by atoms with Gasteiger partial charge in [0.2, 0.25) is 0 Å². The number of carbonyl (C=O) groups excluding carboxylic acids is 1. The number of halogens is 3. The van der Waals surface area contributed by atoms with E-state index < -0.39 is 36.1 Å². The summed E-state index contributed by atoms with van der Waals surface area (Å²) in [6.07, 6.45) is -0.342. The van der Waals surface area contributed by atoms with Crippen LogP contribution in [0, 0.1) is 0 Å². The first-order chi connectivity index (χ1) is 13.7. The molecule has 2 heterocycles. The number of nitrogens with zero attached hydrogens (tertiary/aromatic N) is 3. The Balaban J connectivity index is 1.79. The second-order valence-electron chi connectivity index (χ2n) is 6.10. The molecule has 1 atom stereocenters. The van der Waals surface area contributed by atoms with E-state index in [0.29, 0.717) is 5.69 Å². The molecule has 0 bridgehead atoms. The first kappa shape index (κ1) is 20.1. The van der Waals surface area contributed by atoms with Gasteiger partial charge in [0, 0.05) is 12.4 Å². The van der Waals surface area contributed by atoms with Gasteiger partial charge in [-0.2, -0.15) is 18.3 Å². The van der Waals surface area contributed by atoms with Crippen molar-refractivity contribution in [3.05, 3.63) is 77.9 Å². The van der Waals surface area contributed by atoms with E-state index in [1.807, 2.05) is 0 Å². The molecule has 7 nitrogen and oxygen atoms in total. The summed E-state index contributed by atoms with van der Waals surface area (Å²) in [6, 6.07) is 7.82. The van der Waals surface area contributed by atoms with Crippen molar-refractivity contribution >= 4 is 11.9 Å². The predicted octanol–water partition coefficient (Wildman–Crippen LogP) is 3.23. The van der Waals surface area contributed by atoms with Gasteiger partial charge in [-0.05, 0) is 35.9 Å². The lowest BCUT2D eigenvalue weighted by Gasteiger charge is -2.17. The van der Waals surface area contributed by atoms with Gasteiger partial charge in [-0.1, -0.05) is 12.1 Å². The number of aliphatic carboxylic acids is 1. The highest BCUT2D eigenvalue weighted by molar-refractivity contribution is 5.92. The zero-order valence-corrected chi connectivity index (χ0v) is 14.8. The SMILES string of the molecule is O=C(O)CC(NC(=O)c1ccn(-c2cccnc2)n1)c1ccc(C(F)(F)F)cc1. The standard InChI is InChI=1S/C19H15F3N4O3/c20-19(21,22)13-5-3-12(4-6-13)16(10-17(27)28)24-18(29)15-7-9-26(25-15)14-2-1-8-23-11-14/h1-9,11,16H,10H2,(H,24,29)(H,27,28). The number of hydrogen-bond donors (Lipinski definition) is 2. The van der Waals surface area contributed by atoms with Gasteiger partial charge < -0.3 is 10.4 Å². The zero-order chi connectivity index (χ0) is 21.0. The molecule has 0 aliphatic heterocycles. The highest BCUT2D eigenvalue weighted by Crippen LogP contribution is 2.30. The molecule has 29 heavy (non-hydrogen) atoms. The van der Waals surface area contributed by atoms with Crippen molar-refractivity contribution in [2.75, 3.05) is 0 Å². The van der Waals surface area contributed by atoms with Crippen molar-refractivity contribution in [3.63, 3.8) is 0 Å². The summed E-state index contributed by atoms with van der Waals surface area (Å²) in [5, 5.41) is 15.7. The largest absolute Gasteiger partial charge is 0.481 e. The monoisotopic (exact) mass is 404 g/mol. The van der Waals surface area contributed by atoms with Gasteiger partial charge in [0.1, 0.15) is 0 Å². The fourth-order valence-corrected chi connectivity index (χ4v) is 2.64. The van der Waals surface area contributed by atoms with Crippen molar-refractivity contribution in [2.24, 2.45) is 0 Å². The van der Waals surface area contributed by atoms with Gasteiger partial charge >= 0.3 is 12.1 Å². The van der Waals surface area contributed by atoms with E-state index in [9.17, 15) is 22.8 Å². The minimum absolute atomic E-state index is 0.0242. The maximum Gasteiger partial charge on any atom is 0.416 e. The minimum atomic E-state index is -4.51. The molecule has 1 amide bonds. The molecule has 0 fully saturated rings. The van der Waals surface area contributed by atoms with Gasteiger partial charge in [0.05, 0.1) is 29.9 Å². The lowest BCUT2D eigenvalue weighted by molar-refractivity contribution is -0.138. The molecular weight excluding hydrogens is 389 g/mol. The second kappa shape index (κ2) is 8.13. The summed E-state index contributed by atoms with van der Waals surface area (Å²) in [5.74, 6) is -1.87. The highest BCUT2D eigenvalue weighted by atomic mass is 19.4. The predicted molar refractivity (Wildman–Crippen MR) is 95.3 cm³/mol. The van der Waals surface area contributed by atoms with Gasteiger partial charge in [-0.3, -0.25) is 14.6 Å². The Labute approximate surface area is 162 Å². The smallest absolute Gasteiger partial charge is 0.416 e. The first-order valence-corrected chi connectivity index (χ1v) is 8.40. The van der Waals surface area contributed by atoms with Crippen LogP contribution >= 0.6 is 0 Å². The molecule has 0 saturated heterocycles. The summed E-state index contributed by atoms with van der Waals surface area (Å²) in [5.41, 5.74) is 0.0184. The van der Waals surface area contributed by atoms with E-state index in [2.05, 4.69) is 15.4 Å². The molecule has 2 N–H and O–H groups in total. The lowest BCUT2D eigenvalue weighted by atomic mass is 10.0. The Kier molecular flexibility index (Phi) is 5.62. The van der Waals surface area contributed by atoms with E-state index in [-0.39, 0.29) is 11.3 Å². The number of hydrogen-bond acceptors (Lipinski definition) is 4. The number of alkyl halides is 3. The Morgan fingerprint density at radius 1 is 1.14 bits per heavy atom. The summed E-state index contributed by atoms with van der Waals surface area (Å²) >= 11 is 0. The molecule has 150 valence electrons. The van der Waals surface area contributed by atoms with Crippen LogP contribution in [-0.2, 0) is 11.0 Å². The average Bonchev–Trinajstić information content (AvgIpc) is 3.18. The number of pyridine rings is 1. The molecular formula is C19H15F3N4O3. The third kappa shape index (κ3) is 4.98. The maximum absolute atomic E-state index is 12.7. The minimum Gasteiger partial charge on any atom is -0.481 e. The van der Waals surface area contributed by atoms with Crippen molar-refractivity contribution in [1.82, 2.24) is 20.1 Å². The van der Waals surface area contributed by atoms with Crippen LogP contribution in [0.25, 0.3) is 5.69 Å². The number of carboxylic acids is 1. The molecule has 3 aromatic rings. The number of carbonyl (C=O) groups is 2. The van der Waals surface area contributed by atoms with E-state index in [1.165, 1.54) is 16.9 Å². The van der Waals surface area contributed by atoms with Crippen LogP contribution in [0.15, 0.2) is 61.1 Å². The molecule has 0 spiro atoms. The van der Waals surface area contributed by atoms with E-state index in [4.69, 9.17) is 5.11 Å². The van der Waals surface area contributed by atoms with Crippen molar-refractivity contribution in [2.45, 2.75) is 18.6 Å². The molecule has 0 aliphatic rings. The maximum atomic E-state index is 12.7. The fourth-order valence-electron chi connectivity index (χ4n) is 2.64. The fraction of sp³-hybridized carbons (Fsp3) is 0.158. The molecule has 0 saturated carbocycles. The summed E-state index contributed by atoms with van der Waals surface area (Å²) < 4.78 is 39.6. The third-order valence-corrected chi connectivity index (χ3v) is 4.06. The molecule has 1 aromatic carbocycles. The number of benzene rings is 1. The number of rotatable bonds is 6. The van der Waals surface area contributed by atoms with Crippen molar-refractivity contribution in [1.29, 1.82) is 0 Å². The molecule has 10 heteroatoms. The Morgan fingerprint density at radius 2 is 1.86 bits per heavy atom. The van der Waals surface area contributed by atoms with Crippen molar-refractivity contribution in [3.8, 4) is 5.69 Å². The molecule has 2 aromatic heterocycles. The van der Waals surface area contributed by atoms with E-state index >= 15 is 0 Å². The Hall–Kier alpha value is -3.69. The van der Waals surface area contributed by atoms with Crippen LogP contribution in [0.5, 0.6) is 0 Å². The highest BCUT2D eigenvalue weighted by Gasteiger charge is 2.30. The van der Waals surface area contributed by atoms with Crippen LogP contribution < -0.4 is 5.32 Å². The second-order valence-corrected chi connectivity index (χ2v) is 6.10. The average molecular weight is 404 g/mol. The van der Waals surface area contributed by atoms with Gasteiger partial charge in [-0.25, -0.2) is 4.68 Å². The quantitative estimate of drug-likeness (QED) is 0.658. The summed E-state index contributed by atoms with van der Waals surface area (Å²) in [7, 11) is 0. The molecule has 0 radical (unpaired) electrons. The van der Waals surface area contributed by atoms with E-state index in [1.54, 1.807) is 24.5 Å². The van der Waals surface area contributed by atoms with Crippen LogP contribution in [-0.4, -0.2) is 31.7 Å². The molecule has 0 aliphatic carbocycles. The van der Waals surface area contributed by atoms with Crippen molar-refractivity contribution < 1.29 is 27.9 Å². The number of aromatic nitrogens is 3. The number of amides is 1. The van der Waals surface area contributed by atoms with Gasteiger partial charge in [-0.15, -0.1) is 0 Å². The van der Waals surface area contributed by atoms with E-state index in [0.717, 1.165) is 24.3 Å². The normalized spacial score (nSPS) is 12.4.